The van der Waals surface area contributed by atoms with Crippen LogP contribution in [0.5, 0.6) is 0 Å². The van der Waals surface area contributed by atoms with Gasteiger partial charge in [0.15, 0.2) is 0 Å². The fraction of sp³-hybridized carbons (Fsp3) is 0.429. The van der Waals surface area contributed by atoms with Crippen molar-refractivity contribution in [2.24, 2.45) is 11.8 Å². The van der Waals surface area contributed by atoms with Crippen molar-refractivity contribution in [2.45, 2.75) is 6.92 Å². The Labute approximate surface area is 126 Å². The Balaban J connectivity index is 1.90. The first kappa shape index (κ1) is 15.0. The van der Waals surface area contributed by atoms with E-state index < -0.39 is 5.97 Å². The monoisotopic (exact) mass is 340 g/mol. The molecule has 2 unspecified atom stereocenters. The third kappa shape index (κ3) is 3.58. The van der Waals surface area contributed by atoms with E-state index in [2.05, 4.69) is 21.2 Å². The van der Waals surface area contributed by atoms with Crippen LogP contribution in [-0.4, -0.2) is 41.5 Å². The molecular formula is C14H17BrN2O3. The van der Waals surface area contributed by atoms with E-state index >= 15 is 0 Å². The minimum Gasteiger partial charge on any atom is -0.481 e. The lowest BCUT2D eigenvalue weighted by Gasteiger charge is -2.15. The smallest absolute Gasteiger partial charge is 0.308 e. The Morgan fingerprint density at radius 2 is 2.10 bits per heavy atom. The van der Waals surface area contributed by atoms with E-state index in [9.17, 15) is 9.59 Å². The number of carboxylic acid groups (broad SMARTS) is 1. The molecule has 0 spiro atoms. The average molecular weight is 341 g/mol. The molecule has 1 aromatic rings. The summed E-state index contributed by atoms with van der Waals surface area (Å²) in [5.74, 6) is -1.23. The number of carbonyl (C=O) groups excluding carboxylic acids is 1. The van der Waals surface area contributed by atoms with E-state index in [0.717, 1.165) is 10.2 Å². The molecule has 1 aromatic carbocycles. The third-order valence-corrected chi connectivity index (χ3v) is 4.21. The molecule has 108 valence electrons. The van der Waals surface area contributed by atoms with Gasteiger partial charge in [0.2, 0.25) is 5.91 Å². The standard InChI is InChI=1S/C14H17BrN2O3/c1-9-6-17(7-10(9)14(19)20)8-13(18)16-12-5-3-2-4-11(12)15/h2-5,9-10H,6-8H2,1H3,(H,16,18)(H,19,20). The number of likely N-dealkylation sites (tertiary alicyclic amines) is 1. The number of hydrogen-bond donors (Lipinski definition) is 2. The fourth-order valence-corrected chi connectivity index (χ4v) is 2.86. The number of hydrogen-bond acceptors (Lipinski definition) is 3. The number of aliphatic carboxylic acids is 1. The van der Waals surface area contributed by atoms with E-state index in [1.807, 2.05) is 36.1 Å². The first-order chi connectivity index (χ1) is 9.47. The summed E-state index contributed by atoms with van der Waals surface area (Å²) in [6.07, 6.45) is 0. The van der Waals surface area contributed by atoms with Crippen molar-refractivity contribution >= 4 is 33.5 Å². The van der Waals surface area contributed by atoms with Crippen molar-refractivity contribution < 1.29 is 14.7 Å². The van der Waals surface area contributed by atoms with Crippen molar-refractivity contribution in [2.75, 3.05) is 25.0 Å². The number of carboxylic acids is 1. The molecule has 2 atom stereocenters. The van der Waals surface area contributed by atoms with Gasteiger partial charge in [-0.3, -0.25) is 14.5 Å². The lowest BCUT2D eigenvalue weighted by Crippen LogP contribution is -2.32. The van der Waals surface area contributed by atoms with Gasteiger partial charge in [0.05, 0.1) is 18.2 Å². The summed E-state index contributed by atoms with van der Waals surface area (Å²) in [6.45, 7) is 3.19. The zero-order chi connectivity index (χ0) is 14.7. The molecule has 2 rings (SSSR count). The fourth-order valence-electron chi connectivity index (χ4n) is 2.47. The number of amides is 1. The summed E-state index contributed by atoms with van der Waals surface area (Å²) in [4.78, 5) is 24.9. The second-order valence-electron chi connectivity index (χ2n) is 5.14. The second kappa shape index (κ2) is 6.37. The van der Waals surface area contributed by atoms with Crippen LogP contribution < -0.4 is 5.32 Å². The van der Waals surface area contributed by atoms with Crippen molar-refractivity contribution in [3.8, 4) is 0 Å². The minimum absolute atomic E-state index is 0.0729. The highest BCUT2D eigenvalue weighted by molar-refractivity contribution is 9.10. The van der Waals surface area contributed by atoms with E-state index in [-0.39, 0.29) is 24.3 Å². The predicted molar refractivity (Wildman–Crippen MR) is 79.5 cm³/mol. The number of para-hydroxylation sites is 1. The van der Waals surface area contributed by atoms with Crippen molar-refractivity contribution in [1.82, 2.24) is 4.90 Å². The number of rotatable bonds is 4. The molecular weight excluding hydrogens is 324 g/mol. The number of nitrogens with zero attached hydrogens (tertiary/aromatic N) is 1. The van der Waals surface area contributed by atoms with Crippen LogP contribution in [0, 0.1) is 11.8 Å². The zero-order valence-electron chi connectivity index (χ0n) is 11.2. The number of carbonyl (C=O) groups is 2. The molecule has 20 heavy (non-hydrogen) atoms. The first-order valence-corrected chi connectivity index (χ1v) is 7.26. The van der Waals surface area contributed by atoms with Crippen LogP contribution in [0.3, 0.4) is 0 Å². The lowest BCUT2D eigenvalue weighted by molar-refractivity contribution is -0.142. The van der Waals surface area contributed by atoms with Crippen LogP contribution in [0.1, 0.15) is 6.92 Å². The van der Waals surface area contributed by atoms with E-state index in [0.29, 0.717) is 13.1 Å². The van der Waals surface area contributed by atoms with Gasteiger partial charge in [0, 0.05) is 17.6 Å². The quantitative estimate of drug-likeness (QED) is 0.879. The molecule has 2 N–H and O–H groups in total. The Kier molecular flexibility index (Phi) is 4.77. The normalized spacial score (nSPS) is 22.7. The average Bonchev–Trinajstić information content (AvgIpc) is 2.73. The Morgan fingerprint density at radius 1 is 1.40 bits per heavy atom. The maximum Gasteiger partial charge on any atom is 0.308 e. The highest BCUT2D eigenvalue weighted by Crippen LogP contribution is 2.24. The topological polar surface area (TPSA) is 69.6 Å². The molecule has 1 amide bonds. The molecule has 0 aliphatic carbocycles. The molecule has 1 fully saturated rings. The molecule has 6 heteroatoms. The van der Waals surface area contributed by atoms with Crippen LogP contribution in [-0.2, 0) is 9.59 Å². The number of anilines is 1. The number of nitrogens with one attached hydrogen (secondary N) is 1. The lowest BCUT2D eigenvalue weighted by atomic mass is 9.99. The maximum absolute atomic E-state index is 12.0. The summed E-state index contributed by atoms with van der Waals surface area (Å²) in [5, 5.41) is 11.9. The molecule has 1 aliphatic rings. The van der Waals surface area contributed by atoms with Gasteiger partial charge < -0.3 is 10.4 Å². The molecule has 1 aliphatic heterocycles. The first-order valence-electron chi connectivity index (χ1n) is 6.47. The van der Waals surface area contributed by atoms with Gasteiger partial charge in [-0.15, -0.1) is 0 Å². The molecule has 0 saturated carbocycles. The van der Waals surface area contributed by atoms with Crippen molar-refractivity contribution in [1.29, 1.82) is 0 Å². The number of benzene rings is 1. The van der Waals surface area contributed by atoms with E-state index in [4.69, 9.17) is 5.11 Å². The predicted octanol–water partition coefficient (Wildman–Crippen LogP) is 2.04. The van der Waals surface area contributed by atoms with Gasteiger partial charge in [-0.1, -0.05) is 19.1 Å². The van der Waals surface area contributed by atoms with Crippen LogP contribution in [0.2, 0.25) is 0 Å². The van der Waals surface area contributed by atoms with E-state index in [1.165, 1.54) is 0 Å². The van der Waals surface area contributed by atoms with E-state index in [1.54, 1.807) is 0 Å². The molecule has 0 radical (unpaired) electrons. The Bertz CT molecular complexity index is 521. The van der Waals surface area contributed by atoms with Crippen LogP contribution in [0.4, 0.5) is 5.69 Å². The maximum atomic E-state index is 12.0. The molecule has 0 aromatic heterocycles. The summed E-state index contributed by atoms with van der Waals surface area (Å²) in [5.41, 5.74) is 0.722. The SMILES string of the molecule is CC1CN(CC(=O)Nc2ccccc2Br)CC1C(=O)O. The van der Waals surface area contributed by atoms with Gasteiger partial charge in [0.1, 0.15) is 0 Å². The highest BCUT2D eigenvalue weighted by atomic mass is 79.9. The zero-order valence-corrected chi connectivity index (χ0v) is 12.8. The van der Waals surface area contributed by atoms with Crippen molar-refractivity contribution in [3.63, 3.8) is 0 Å². The van der Waals surface area contributed by atoms with Crippen LogP contribution >= 0.6 is 15.9 Å². The third-order valence-electron chi connectivity index (χ3n) is 3.52. The summed E-state index contributed by atoms with van der Waals surface area (Å²) in [6, 6.07) is 7.39. The Morgan fingerprint density at radius 3 is 2.70 bits per heavy atom. The van der Waals surface area contributed by atoms with Gasteiger partial charge >= 0.3 is 5.97 Å². The van der Waals surface area contributed by atoms with Crippen molar-refractivity contribution in [3.05, 3.63) is 28.7 Å². The summed E-state index contributed by atoms with van der Waals surface area (Å²) in [7, 11) is 0. The molecule has 0 bridgehead atoms. The minimum atomic E-state index is -0.786. The molecule has 1 heterocycles. The largest absolute Gasteiger partial charge is 0.481 e. The van der Waals surface area contributed by atoms with Gasteiger partial charge in [-0.25, -0.2) is 0 Å². The van der Waals surface area contributed by atoms with Gasteiger partial charge in [-0.05, 0) is 34.0 Å². The van der Waals surface area contributed by atoms with Gasteiger partial charge in [-0.2, -0.15) is 0 Å². The second-order valence-corrected chi connectivity index (χ2v) is 6.00. The highest BCUT2D eigenvalue weighted by Gasteiger charge is 2.35. The number of halogens is 1. The summed E-state index contributed by atoms with van der Waals surface area (Å²) < 4.78 is 0.826. The van der Waals surface area contributed by atoms with Gasteiger partial charge in [0.25, 0.3) is 0 Å². The van der Waals surface area contributed by atoms with Crippen LogP contribution in [0.15, 0.2) is 28.7 Å². The summed E-state index contributed by atoms with van der Waals surface area (Å²) >= 11 is 3.37. The molecule has 5 nitrogen and oxygen atoms in total. The van der Waals surface area contributed by atoms with Crippen LogP contribution in [0.25, 0.3) is 0 Å². The Hall–Kier alpha value is -1.40. The molecule has 1 saturated heterocycles.